The van der Waals surface area contributed by atoms with Crippen molar-refractivity contribution in [2.45, 2.75) is 25.0 Å². The van der Waals surface area contributed by atoms with Gasteiger partial charge in [0.25, 0.3) is 0 Å². The maximum Gasteiger partial charge on any atom is 0.215 e. The molecule has 0 bridgehead atoms. The van der Waals surface area contributed by atoms with Crippen LogP contribution in [0, 0.1) is 0 Å². The maximum absolute atomic E-state index is 6.43. The van der Waals surface area contributed by atoms with Crippen molar-refractivity contribution in [2.75, 3.05) is 13.2 Å². The van der Waals surface area contributed by atoms with Crippen molar-refractivity contribution < 1.29 is 18.9 Å². The van der Waals surface area contributed by atoms with Gasteiger partial charge in [0.15, 0.2) is 0 Å². The van der Waals surface area contributed by atoms with E-state index in [1.807, 2.05) is 78.9 Å². The molecule has 1 aliphatic rings. The topological polar surface area (TPSA) is 67.6 Å². The Morgan fingerprint density at radius 2 is 1.74 bits per heavy atom. The molecule has 0 spiro atoms. The van der Waals surface area contributed by atoms with Crippen LogP contribution in [-0.4, -0.2) is 34.1 Å². The van der Waals surface area contributed by atoms with Gasteiger partial charge < -0.3 is 18.9 Å². The molecule has 1 fully saturated rings. The van der Waals surface area contributed by atoms with Crippen molar-refractivity contribution in [3.8, 4) is 11.5 Å². The van der Waals surface area contributed by atoms with Crippen molar-refractivity contribution >= 4 is 11.6 Å². The standard InChI is InChI=1S/C26H24ClN3O4/c27-22-10-6-20(7-11-22)14-31-15-25-16-32-26(34-25,17-30-19-28-18-29-30)21-8-12-24(13-9-21)33-23-4-2-1-3-5-23/h1-13,18-19,25H,14-17H2. The van der Waals surface area contributed by atoms with Crippen LogP contribution >= 0.6 is 11.6 Å². The fourth-order valence-electron chi connectivity index (χ4n) is 3.79. The summed E-state index contributed by atoms with van der Waals surface area (Å²) >= 11 is 5.95. The highest BCUT2D eigenvalue weighted by molar-refractivity contribution is 6.30. The first kappa shape index (κ1) is 22.6. The van der Waals surface area contributed by atoms with Crippen molar-refractivity contribution in [1.29, 1.82) is 0 Å². The van der Waals surface area contributed by atoms with E-state index in [2.05, 4.69) is 10.1 Å². The number of benzene rings is 3. The Hall–Kier alpha value is -3.23. The third-order valence-corrected chi connectivity index (χ3v) is 5.71. The second-order valence-electron chi connectivity index (χ2n) is 7.98. The van der Waals surface area contributed by atoms with E-state index in [0.717, 1.165) is 22.6 Å². The van der Waals surface area contributed by atoms with E-state index < -0.39 is 5.79 Å². The first-order chi connectivity index (χ1) is 16.7. The molecule has 0 amide bonds. The van der Waals surface area contributed by atoms with Crippen LogP contribution in [0.15, 0.2) is 91.5 Å². The van der Waals surface area contributed by atoms with Gasteiger partial charge in [-0.3, -0.25) is 0 Å². The van der Waals surface area contributed by atoms with Crippen molar-refractivity contribution in [1.82, 2.24) is 14.8 Å². The molecule has 174 valence electrons. The minimum Gasteiger partial charge on any atom is -0.457 e. The quantitative estimate of drug-likeness (QED) is 0.329. The number of para-hydroxylation sites is 1. The lowest BCUT2D eigenvalue weighted by atomic mass is 10.1. The summed E-state index contributed by atoms with van der Waals surface area (Å²) in [6, 6.07) is 25.0. The fourth-order valence-corrected chi connectivity index (χ4v) is 3.92. The van der Waals surface area contributed by atoms with Crippen LogP contribution in [0.1, 0.15) is 11.1 Å². The molecule has 2 atom stereocenters. The lowest BCUT2D eigenvalue weighted by molar-refractivity contribution is -0.193. The zero-order valence-corrected chi connectivity index (χ0v) is 19.2. The molecule has 0 N–H and O–H groups in total. The van der Waals surface area contributed by atoms with E-state index in [4.69, 9.17) is 30.5 Å². The Bertz CT molecular complexity index is 1170. The number of ether oxygens (including phenoxy) is 4. The van der Waals surface area contributed by atoms with Crippen LogP contribution in [0.2, 0.25) is 5.02 Å². The van der Waals surface area contributed by atoms with E-state index in [1.54, 1.807) is 11.0 Å². The van der Waals surface area contributed by atoms with Crippen molar-refractivity contribution in [3.63, 3.8) is 0 Å². The number of hydrogen-bond donors (Lipinski definition) is 0. The predicted molar refractivity (Wildman–Crippen MR) is 127 cm³/mol. The Labute approximate surface area is 202 Å². The van der Waals surface area contributed by atoms with Crippen LogP contribution in [0.3, 0.4) is 0 Å². The first-order valence-corrected chi connectivity index (χ1v) is 11.4. The Morgan fingerprint density at radius 1 is 0.971 bits per heavy atom. The molecule has 2 heterocycles. The number of hydrogen-bond acceptors (Lipinski definition) is 6. The van der Waals surface area contributed by atoms with E-state index in [-0.39, 0.29) is 6.10 Å². The van der Waals surface area contributed by atoms with E-state index in [9.17, 15) is 0 Å². The minimum absolute atomic E-state index is 0.226. The summed E-state index contributed by atoms with van der Waals surface area (Å²) in [4.78, 5) is 4.04. The molecule has 1 aromatic heterocycles. The molecule has 34 heavy (non-hydrogen) atoms. The molecule has 7 nitrogen and oxygen atoms in total. The summed E-state index contributed by atoms with van der Waals surface area (Å²) in [5.74, 6) is 0.498. The van der Waals surface area contributed by atoms with Gasteiger partial charge in [-0.2, -0.15) is 5.10 Å². The van der Waals surface area contributed by atoms with E-state index >= 15 is 0 Å². The van der Waals surface area contributed by atoms with Gasteiger partial charge in [-0.05, 0) is 54.1 Å². The molecule has 2 unspecified atom stereocenters. The summed E-state index contributed by atoms with van der Waals surface area (Å²) in [5, 5.41) is 4.94. The van der Waals surface area contributed by atoms with E-state index in [0.29, 0.717) is 31.4 Å². The second kappa shape index (κ2) is 10.4. The number of halogens is 1. The summed E-state index contributed by atoms with van der Waals surface area (Å²) < 4.78 is 26.2. The first-order valence-electron chi connectivity index (χ1n) is 11.0. The number of nitrogens with zero attached hydrogens (tertiary/aromatic N) is 3. The molecule has 1 aliphatic heterocycles. The fraction of sp³-hybridized carbons (Fsp3) is 0.231. The Balaban J connectivity index is 1.27. The average Bonchev–Trinajstić information content (AvgIpc) is 3.52. The van der Waals surface area contributed by atoms with Crippen molar-refractivity contribution in [3.05, 3.63) is 108 Å². The normalized spacial score (nSPS) is 19.9. The summed E-state index contributed by atoms with van der Waals surface area (Å²) in [6.45, 7) is 1.63. The van der Waals surface area contributed by atoms with Crippen LogP contribution < -0.4 is 4.74 Å². The number of rotatable bonds is 9. The monoisotopic (exact) mass is 477 g/mol. The molecule has 4 aromatic rings. The zero-order valence-electron chi connectivity index (χ0n) is 18.4. The van der Waals surface area contributed by atoms with Gasteiger partial charge >= 0.3 is 0 Å². The largest absolute Gasteiger partial charge is 0.457 e. The second-order valence-corrected chi connectivity index (χ2v) is 8.41. The highest BCUT2D eigenvalue weighted by Crippen LogP contribution is 2.37. The van der Waals surface area contributed by atoms with Gasteiger partial charge in [-0.1, -0.05) is 41.9 Å². The molecule has 3 aromatic carbocycles. The van der Waals surface area contributed by atoms with Crippen LogP contribution in [0.4, 0.5) is 0 Å². The third-order valence-electron chi connectivity index (χ3n) is 5.45. The highest BCUT2D eigenvalue weighted by atomic mass is 35.5. The lowest BCUT2D eigenvalue weighted by Crippen LogP contribution is -2.34. The number of aromatic nitrogens is 3. The highest BCUT2D eigenvalue weighted by Gasteiger charge is 2.44. The molecule has 8 heteroatoms. The minimum atomic E-state index is -1.01. The summed E-state index contributed by atoms with van der Waals surface area (Å²) in [5.41, 5.74) is 1.91. The molecular formula is C26H24ClN3O4. The molecule has 1 saturated heterocycles. The smallest absolute Gasteiger partial charge is 0.215 e. The van der Waals surface area contributed by atoms with Crippen LogP contribution in [0.25, 0.3) is 0 Å². The predicted octanol–water partition coefficient (Wildman–Crippen LogP) is 5.21. The van der Waals surface area contributed by atoms with Crippen LogP contribution in [0.5, 0.6) is 11.5 Å². The van der Waals surface area contributed by atoms with Gasteiger partial charge in [0.1, 0.15) is 36.8 Å². The lowest BCUT2D eigenvalue weighted by Gasteiger charge is -2.28. The van der Waals surface area contributed by atoms with Gasteiger partial charge in [-0.25, -0.2) is 9.67 Å². The van der Waals surface area contributed by atoms with Gasteiger partial charge in [0.05, 0.1) is 19.8 Å². The van der Waals surface area contributed by atoms with Gasteiger partial charge in [0.2, 0.25) is 5.79 Å². The molecule has 0 saturated carbocycles. The maximum atomic E-state index is 6.43. The van der Waals surface area contributed by atoms with Crippen molar-refractivity contribution in [2.24, 2.45) is 0 Å². The Kier molecular flexibility index (Phi) is 6.87. The average molecular weight is 478 g/mol. The molecular weight excluding hydrogens is 454 g/mol. The Morgan fingerprint density at radius 3 is 2.47 bits per heavy atom. The summed E-state index contributed by atoms with van der Waals surface area (Å²) in [7, 11) is 0. The van der Waals surface area contributed by atoms with Crippen LogP contribution in [-0.2, 0) is 33.1 Å². The third kappa shape index (κ3) is 5.46. The SMILES string of the molecule is Clc1ccc(COCC2COC(Cn3cncn3)(c3ccc(Oc4ccccc4)cc3)O2)cc1. The molecule has 0 radical (unpaired) electrons. The van der Waals surface area contributed by atoms with E-state index in [1.165, 1.54) is 6.33 Å². The van der Waals surface area contributed by atoms with Gasteiger partial charge in [-0.15, -0.1) is 0 Å². The molecule has 0 aliphatic carbocycles. The molecule has 5 rings (SSSR count). The summed E-state index contributed by atoms with van der Waals surface area (Å²) in [6.07, 6.45) is 2.91. The van der Waals surface area contributed by atoms with Gasteiger partial charge in [0, 0.05) is 10.6 Å². The zero-order chi connectivity index (χ0) is 23.2.